The highest BCUT2D eigenvalue weighted by Crippen LogP contribution is 2.47. The highest BCUT2D eigenvalue weighted by Gasteiger charge is 2.37. The highest BCUT2D eigenvalue weighted by atomic mass is 31.2. The average Bonchev–Trinajstić information content (AvgIpc) is 2.90. The molecule has 6 heteroatoms. The molecule has 0 saturated carbocycles. The lowest BCUT2D eigenvalue weighted by Crippen LogP contribution is -2.31. The van der Waals surface area contributed by atoms with Crippen molar-refractivity contribution in [3.05, 3.63) is 35.9 Å². The second kappa shape index (κ2) is 6.53. The van der Waals surface area contributed by atoms with Gasteiger partial charge in [-0.1, -0.05) is 30.3 Å². The summed E-state index contributed by atoms with van der Waals surface area (Å²) in [7, 11) is -3.54. The number of rotatable bonds is 6. The summed E-state index contributed by atoms with van der Waals surface area (Å²) in [5, 5.41) is 9.25. The first-order valence-corrected chi connectivity index (χ1v) is 8.70. The van der Waals surface area contributed by atoms with Crippen LogP contribution >= 0.6 is 7.37 Å². The number of carboxylic acid groups (broad SMARTS) is 1. The maximum absolute atomic E-state index is 12.3. The molecule has 0 bridgehead atoms. The molecule has 0 amide bonds. The first kappa shape index (κ1) is 15.2. The van der Waals surface area contributed by atoms with Gasteiger partial charge in [-0.3, -0.25) is 9.36 Å². The van der Waals surface area contributed by atoms with Gasteiger partial charge in [-0.05, 0) is 18.4 Å². The van der Waals surface area contributed by atoms with Crippen LogP contribution in [-0.4, -0.2) is 34.8 Å². The Morgan fingerprint density at radius 2 is 2.10 bits per heavy atom. The molecule has 2 rings (SSSR count). The number of benzene rings is 1. The fraction of sp³-hybridized carbons (Fsp3) is 0.500. The maximum atomic E-state index is 12.3. The molecule has 0 aliphatic carbocycles. The Bertz CT molecular complexity index is 496. The van der Waals surface area contributed by atoms with E-state index in [4.69, 9.17) is 4.74 Å². The maximum Gasteiger partial charge on any atom is 0.309 e. The van der Waals surface area contributed by atoms with Gasteiger partial charge in [0.05, 0.1) is 12.0 Å². The van der Waals surface area contributed by atoms with Crippen molar-refractivity contribution in [2.24, 2.45) is 5.92 Å². The van der Waals surface area contributed by atoms with Gasteiger partial charge < -0.3 is 14.7 Å². The zero-order valence-electron chi connectivity index (χ0n) is 11.1. The van der Waals surface area contributed by atoms with Crippen LogP contribution in [0.15, 0.2) is 30.3 Å². The van der Waals surface area contributed by atoms with Gasteiger partial charge in [0.1, 0.15) is 0 Å². The Morgan fingerprint density at radius 3 is 2.65 bits per heavy atom. The smallest absolute Gasteiger partial charge is 0.309 e. The van der Waals surface area contributed by atoms with Crippen molar-refractivity contribution in [1.29, 1.82) is 0 Å². The SMILES string of the molecule is O=C(O)C(CP(=O)(O)Cc1ccccc1)C1CCCO1. The number of hydrogen-bond acceptors (Lipinski definition) is 3. The molecule has 20 heavy (non-hydrogen) atoms. The zero-order valence-corrected chi connectivity index (χ0v) is 12.0. The minimum Gasteiger partial charge on any atom is -0.481 e. The fourth-order valence-corrected chi connectivity index (χ4v) is 4.43. The Morgan fingerprint density at radius 1 is 1.40 bits per heavy atom. The van der Waals surface area contributed by atoms with Crippen LogP contribution in [0.4, 0.5) is 0 Å². The van der Waals surface area contributed by atoms with Gasteiger partial charge in [-0.15, -0.1) is 0 Å². The molecule has 1 saturated heterocycles. The second-order valence-corrected chi connectivity index (χ2v) is 7.54. The molecule has 1 fully saturated rings. The molecule has 2 N–H and O–H groups in total. The standard InChI is InChI=1S/C14H19O5P/c15-14(16)12(13-7-4-8-19-13)10-20(17,18)9-11-5-2-1-3-6-11/h1-3,5-6,12-13H,4,7-10H2,(H,15,16)(H,17,18). The van der Waals surface area contributed by atoms with E-state index in [2.05, 4.69) is 0 Å². The fourth-order valence-electron chi connectivity index (χ4n) is 2.52. The minimum atomic E-state index is -3.54. The number of carbonyl (C=O) groups is 1. The van der Waals surface area contributed by atoms with E-state index in [9.17, 15) is 19.4 Å². The first-order valence-electron chi connectivity index (χ1n) is 6.67. The molecule has 1 aliphatic heterocycles. The third kappa shape index (κ3) is 4.17. The predicted octanol–water partition coefficient (Wildman–Crippen LogP) is 2.34. The van der Waals surface area contributed by atoms with Gasteiger partial charge in [0, 0.05) is 18.9 Å². The molecule has 5 nitrogen and oxygen atoms in total. The summed E-state index contributed by atoms with van der Waals surface area (Å²) in [4.78, 5) is 21.4. The molecule has 0 radical (unpaired) electrons. The van der Waals surface area contributed by atoms with Crippen molar-refractivity contribution in [1.82, 2.24) is 0 Å². The summed E-state index contributed by atoms with van der Waals surface area (Å²) in [5.41, 5.74) is 0.745. The van der Waals surface area contributed by atoms with E-state index in [1.54, 1.807) is 24.3 Å². The van der Waals surface area contributed by atoms with Crippen molar-refractivity contribution >= 4 is 13.3 Å². The molecular weight excluding hydrogens is 279 g/mol. The quantitative estimate of drug-likeness (QED) is 0.787. The van der Waals surface area contributed by atoms with Crippen molar-refractivity contribution in [2.45, 2.75) is 25.1 Å². The van der Waals surface area contributed by atoms with E-state index in [1.165, 1.54) is 0 Å². The molecule has 1 heterocycles. The van der Waals surface area contributed by atoms with Crippen molar-refractivity contribution < 1.29 is 24.1 Å². The molecular formula is C14H19O5P. The minimum absolute atomic E-state index is 0.00431. The highest BCUT2D eigenvalue weighted by molar-refractivity contribution is 7.57. The van der Waals surface area contributed by atoms with Crippen LogP contribution in [0.5, 0.6) is 0 Å². The molecule has 3 atom stereocenters. The van der Waals surface area contributed by atoms with E-state index in [1.807, 2.05) is 6.07 Å². The van der Waals surface area contributed by atoms with Crippen LogP contribution in [0.1, 0.15) is 18.4 Å². The molecule has 1 aromatic rings. The molecule has 110 valence electrons. The number of aliphatic carboxylic acids is 1. The summed E-state index contributed by atoms with van der Waals surface area (Å²) in [6, 6.07) is 8.96. The molecule has 1 aromatic carbocycles. The van der Waals surface area contributed by atoms with Crippen molar-refractivity contribution in [3.63, 3.8) is 0 Å². The van der Waals surface area contributed by atoms with Crippen molar-refractivity contribution in [2.75, 3.05) is 12.8 Å². The summed E-state index contributed by atoms with van der Waals surface area (Å²) in [6.45, 7) is 0.531. The van der Waals surface area contributed by atoms with Gasteiger partial charge in [0.15, 0.2) is 0 Å². The molecule has 0 aromatic heterocycles. The zero-order chi connectivity index (χ0) is 14.6. The average molecular weight is 298 g/mol. The summed E-state index contributed by atoms with van der Waals surface area (Å²) in [5.74, 6) is -1.96. The van der Waals surface area contributed by atoms with Crippen LogP contribution in [0, 0.1) is 5.92 Å². The lowest BCUT2D eigenvalue weighted by atomic mass is 10.0. The van der Waals surface area contributed by atoms with Crippen molar-refractivity contribution in [3.8, 4) is 0 Å². The van der Waals surface area contributed by atoms with E-state index in [-0.39, 0.29) is 12.3 Å². The van der Waals surface area contributed by atoms with Gasteiger partial charge in [-0.25, -0.2) is 0 Å². The summed E-state index contributed by atoms with van der Waals surface area (Å²) >= 11 is 0. The Kier molecular flexibility index (Phi) is 4.97. The summed E-state index contributed by atoms with van der Waals surface area (Å²) in [6.07, 6.45) is 0.779. The van der Waals surface area contributed by atoms with Crippen LogP contribution in [0.25, 0.3) is 0 Å². The van der Waals surface area contributed by atoms with E-state index in [0.29, 0.717) is 13.0 Å². The third-order valence-electron chi connectivity index (χ3n) is 3.49. The molecule has 1 aliphatic rings. The Balaban J connectivity index is 2.04. The topological polar surface area (TPSA) is 83.8 Å². The van der Waals surface area contributed by atoms with E-state index < -0.39 is 25.4 Å². The first-order chi connectivity index (χ1) is 9.48. The number of ether oxygens (including phenoxy) is 1. The van der Waals surface area contributed by atoms with Crippen LogP contribution < -0.4 is 0 Å². The van der Waals surface area contributed by atoms with E-state index >= 15 is 0 Å². The number of hydrogen-bond donors (Lipinski definition) is 2. The van der Waals surface area contributed by atoms with Crippen LogP contribution in [-0.2, 0) is 20.3 Å². The Labute approximate surface area is 118 Å². The monoisotopic (exact) mass is 298 g/mol. The molecule has 0 spiro atoms. The predicted molar refractivity (Wildman–Crippen MR) is 74.9 cm³/mol. The van der Waals surface area contributed by atoms with Crippen LogP contribution in [0.2, 0.25) is 0 Å². The lowest BCUT2D eigenvalue weighted by molar-refractivity contribution is -0.145. The number of carboxylic acids is 1. The normalized spacial score (nSPS) is 23.1. The summed E-state index contributed by atoms with van der Waals surface area (Å²) < 4.78 is 17.7. The van der Waals surface area contributed by atoms with Gasteiger partial charge in [0.2, 0.25) is 7.37 Å². The van der Waals surface area contributed by atoms with Gasteiger partial charge in [-0.2, -0.15) is 0 Å². The Hall–Kier alpha value is -1.16. The largest absolute Gasteiger partial charge is 0.481 e. The van der Waals surface area contributed by atoms with E-state index in [0.717, 1.165) is 12.0 Å². The lowest BCUT2D eigenvalue weighted by Gasteiger charge is -2.21. The van der Waals surface area contributed by atoms with Gasteiger partial charge in [0.25, 0.3) is 0 Å². The third-order valence-corrected chi connectivity index (χ3v) is 5.31. The molecule has 3 unspecified atom stereocenters. The van der Waals surface area contributed by atoms with Gasteiger partial charge >= 0.3 is 5.97 Å². The second-order valence-electron chi connectivity index (χ2n) is 5.17. The van der Waals surface area contributed by atoms with Crippen LogP contribution in [0.3, 0.4) is 0 Å².